The van der Waals surface area contributed by atoms with E-state index in [2.05, 4.69) is 14.9 Å². The summed E-state index contributed by atoms with van der Waals surface area (Å²) in [5.74, 6) is 0. The molecule has 2 atom stereocenters. The number of sulfonamides is 1. The molecule has 0 aliphatic heterocycles. The van der Waals surface area contributed by atoms with Gasteiger partial charge in [0, 0.05) is 24.3 Å². The fourth-order valence-corrected chi connectivity index (χ4v) is 3.52. The van der Waals surface area contributed by atoms with E-state index in [1.165, 1.54) is 12.4 Å². The molecule has 1 saturated carbocycles. The summed E-state index contributed by atoms with van der Waals surface area (Å²) in [7, 11) is -3.49. The summed E-state index contributed by atoms with van der Waals surface area (Å²) in [6, 6.07) is -0.103. The van der Waals surface area contributed by atoms with Crippen molar-refractivity contribution in [2.75, 3.05) is 6.61 Å². The topological polar surface area (TPSA) is 84.1 Å². The van der Waals surface area contributed by atoms with Crippen molar-refractivity contribution >= 4 is 10.0 Å². The van der Waals surface area contributed by atoms with Crippen LogP contribution in [-0.4, -0.2) is 37.4 Å². The molecule has 18 heavy (non-hydrogen) atoms. The van der Waals surface area contributed by atoms with Crippen LogP contribution >= 0.6 is 0 Å². The molecular formula is C11H19N3O3S. The number of hydrogen-bond acceptors (Lipinski definition) is 4. The molecule has 1 fully saturated rings. The molecule has 1 heterocycles. The Labute approximate surface area is 107 Å². The average molecular weight is 273 g/mol. The largest absolute Gasteiger partial charge is 0.378 e. The van der Waals surface area contributed by atoms with Gasteiger partial charge in [-0.05, 0) is 13.3 Å². The zero-order valence-electron chi connectivity index (χ0n) is 10.8. The summed E-state index contributed by atoms with van der Waals surface area (Å²) in [5, 5.41) is 6.15. The molecule has 0 bridgehead atoms. The molecule has 2 rings (SSSR count). The zero-order valence-corrected chi connectivity index (χ0v) is 11.6. The lowest BCUT2D eigenvalue weighted by Gasteiger charge is -2.51. The first-order chi connectivity index (χ1) is 8.38. The minimum atomic E-state index is -3.49. The van der Waals surface area contributed by atoms with Crippen molar-refractivity contribution in [2.24, 2.45) is 5.41 Å². The lowest BCUT2D eigenvalue weighted by molar-refractivity contribution is -0.108. The quantitative estimate of drug-likeness (QED) is 0.834. The molecule has 102 valence electrons. The predicted octanol–water partition coefficient (Wildman–Crippen LogP) is 0.892. The summed E-state index contributed by atoms with van der Waals surface area (Å²) >= 11 is 0. The van der Waals surface area contributed by atoms with Gasteiger partial charge in [0.1, 0.15) is 4.90 Å². The molecule has 1 aromatic heterocycles. The lowest BCUT2D eigenvalue weighted by atomic mass is 9.65. The first kappa shape index (κ1) is 13.5. The third-order valence-electron chi connectivity index (χ3n) is 3.63. The van der Waals surface area contributed by atoms with Gasteiger partial charge in [-0.25, -0.2) is 13.1 Å². The van der Waals surface area contributed by atoms with E-state index in [9.17, 15) is 8.42 Å². The van der Waals surface area contributed by atoms with E-state index in [-0.39, 0.29) is 22.5 Å². The van der Waals surface area contributed by atoms with E-state index in [0.717, 1.165) is 0 Å². The van der Waals surface area contributed by atoms with Crippen molar-refractivity contribution in [1.29, 1.82) is 0 Å². The van der Waals surface area contributed by atoms with Crippen LogP contribution in [0, 0.1) is 5.41 Å². The highest BCUT2D eigenvalue weighted by Gasteiger charge is 2.50. The van der Waals surface area contributed by atoms with Crippen LogP contribution in [0.2, 0.25) is 0 Å². The van der Waals surface area contributed by atoms with Crippen LogP contribution in [0.1, 0.15) is 27.2 Å². The van der Waals surface area contributed by atoms with Gasteiger partial charge in [0.25, 0.3) is 0 Å². The predicted molar refractivity (Wildman–Crippen MR) is 66.5 cm³/mol. The van der Waals surface area contributed by atoms with Crippen LogP contribution in [0.15, 0.2) is 17.3 Å². The minimum absolute atomic E-state index is 0.103. The maximum Gasteiger partial charge on any atom is 0.243 e. The van der Waals surface area contributed by atoms with Crippen molar-refractivity contribution in [2.45, 2.75) is 44.2 Å². The monoisotopic (exact) mass is 273 g/mol. The Morgan fingerprint density at radius 3 is 2.83 bits per heavy atom. The molecule has 6 nitrogen and oxygen atoms in total. The maximum atomic E-state index is 12.0. The molecule has 0 spiro atoms. The van der Waals surface area contributed by atoms with E-state index in [1.807, 2.05) is 20.8 Å². The van der Waals surface area contributed by atoms with Gasteiger partial charge >= 0.3 is 0 Å². The smallest absolute Gasteiger partial charge is 0.243 e. The van der Waals surface area contributed by atoms with Crippen LogP contribution in [0.4, 0.5) is 0 Å². The van der Waals surface area contributed by atoms with Crippen molar-refractivity contribution in [3.05, 3.63) is 12.4 Å². The van der Waals surface area contributed by atoms with Crippen molar-refractivity contribution in [3.63, 3.8) is 0 Å². The van der Waals surface area contributed by atoms with E-state index < -0.39 is 10.0 Å². The Balaban J connectivity index is 2.04. The van der Waals surface area contributed by atoms with Crippen molar-refractivity contribution in [3.8, 4) is 0 Å². The maximum absolute atomic E-state index is 12.0. The first-order valence-corrected chi connectivity index (χ1v) is 7.49. The minimum Gasteiger partial charge on any atom is -0.378 e. The van der Waals surface area contributed by atoms with E-state index in [4.69, 9.17) is 4.74 Å². The van der Waals surface area contributed by atoms with Crippen LogP contribution in [-0.2, 0) is 14.8 Å². The number of aromatic amines is 1. The van der Waals surface area contributed by atoms with Gasteiger partial charge in [-0.15, -0.1) is 0 Å². The van der Waals surface area contributed by atoms with Gasteiger partial charge in [-0.3, -0.25) is 5.10 Å². The van der Waals surface area contributed by atoms with E-state index in [1.54, 1.807) is 0 Å². The molecule has 2 N–H and O–H groups in total. The van der Waals surface area contributed by atoms with Crippen LogP contribution < -0.4 is 4.72 Å². The molecular weight excluding hydrogens is 254 g/mol. The van der Waals surface area contributed by atoms with E-state index >= 15 is 0 Å². The van der Waals surface area contributed by atoms with Crippen LogP contribution in [0.3, 0.4) is 0 Å². The Bertz CT molecular complexity index is 496. The fourth-order valence-electron chi connectivity index (χ4n) is 2.21. The Morgan fingerprint density at radius 2 is 2.33 bits per heavy atom. The molecule has 0 radical (unpaired) electrons. The highest BCUT2D eigenvalue weighted by atomic mass is 32.2. The highest BCUT2D eigenvalue weighted by Crippen LogP contribution is 2.43. The molecule has 2 unspecified atom stereocenters. The summed E-state index contributed by atoms with van der Waals surface area (Å²) < 4.78 is 32.4. The third-order valence-corrected chi connectivity index (χ3v) is 5.07. The highest BCUT2D eigenvalue weighted by molar-refractivity contribution is 7.89. The number of aromatic nitrogens is 2. The van der Waals surface area contributed by atoms with Gasteiger partial charge in [-0.1, -0.05) is 13.8 Å². The number of H-pyrrole nitrogens is 1. The lowest BCUT2D eigenvalue weighted by Crippen LogP contribution is -2.61. The van der Waals surface area contributed by atoms with Crippen LogP contribution in [0.5, 0.6) is 0 Å². The molecule has 0 saturated heterocycles. The number of ether oxygens (including phenoxy) is 1. The van der Waals surface area contributed by atoms with Gasteiger partial charge in [0.05, 0.1) is 12.3 Å². The molecule has 0 aromatic carbocycles. The second-order valence-corrected chi connectivity index (χ2v) is 6.82. The molecule has 0 amide bonds. The Hall–Kier alpha value is -0.920. The van der Waals surface area contributed by atoms with Crippen molar-refractivity contribution in [1.82, 2.24) is 14.9 Å². The SMILES string of the molecule is CCOC1CC(NS(=O)(=O)c2cn[nH]c2)C1(C)C. The van der Waals surface area contributed by atoms with Gasteiger partial charge in [-0.2, -0.15) is 5.10 Å². The Morgan fingerprint density at radius 1 is 1.61 bits per heavy atom. The fraction of sp³-hybridized carbons (Fsp3) is 0.727. The Kier molecular flexibility index (Phi) is 3.48. The van der Waals surface area contributed by atoms with Gasteiger partial charge in [0.15, 0.2) is 0 Å². The number of rotatable bonds is 5. The molecule has 1 aliphatic carbocycles. The second-order valence-electron chi connectivity index (χ2n) is 5.11. The zero-order chi connectivity index (χ0) is 13.4. The molecule has 1 aliphatic rings. The second kappa shape index (κ2) is 4.64. The first-order valence-electron chi connectivity index (χ1n) is 6.00. The standard InChI is InChI=1S/C11H19N3O3S/c1-4-17-10-5-9(11(10,2)3)14-18(15,16)8-6-12-13-7-8/h6-7,9-10,14H,4-5H2,1-3H3,(H,12,13). The third kappa shape index (κ3) is 2.30. The van der Waals surface area contributed by atoms with Crippen molar-refractivity contribution < 1.29 is 13.2 Å². The van der Waals surface area contributed by atoms with E-state index in [0.29, 0.717) is 13.0 Å². The molecule has 1 aromatic rings. The van der Waals surface area contributed by atoms with Crippen LogP contribution in [0.25, 0.3) is 0 Å². The average Bonchev–Trinajstić information content (AvgIpc) is 2.82. The number of nitrogens with one attached hydrogen (secondary N) is 2. The number of nitrogens with zero attached hydrogens (tertiary/aromatic N) is 1. The number of hydrogen-bond donors (Lipinski definition) is 2. The summed E-state index contributed by atoms with van der Waals surface area (Å²) in [4.78, 5) is 0.165. The summed E-state index contributed by atoms with van der Waals surface area (Å²) in [5.41, 5.74) is -0.188. The van der Waals surface area contributed by atoms with Gasteiger partial charge < -0.3 is 4.74 Å². The summed E-state index contributed by atoms with van der Waals surface area (Å²) in [6.07, 6.45) is 3.49. The van der Waals surface area contributed by atoms with Gasteiger partial charge in [0.2, 0.25) is 10.0 Å². The summed E-state index contributed by atoms with van der Waals surface area (Å²) in [6.45, 7) is 6.62. The normalized spacial score (nSPS) is 26.8. The molecule has 7 heteroatoms.